The number of nitrogens with zero attached hydrogens (tertiary/aromatic N) is 3. The minimum Gasteiger partial charge on any atom is -0.480 e. The lowest BCUT2D eigenvalue weighted by Gasteiger charge is -2.30. The second kappa shape index (κ2) is 7.25. The fourth-order valence-corrected chi connectivity index (χ4v) is 4.54. The molecule has 3 amide bonds. The molecule has 2 heterocycles. The summed E-state index contributed by atoms with van der Waals surface area (Å²) in [6, 6.07) is 7.93. The van der Waals surface area contributed by atoms with Gasteiger partial charge >= 0.3 is 12.0 Å². The van der Waals surface area contributed by atoms with Crippen LogP contribution >= 0.6 is 23.2 Å². The Morgan fingerprint density at radius 1 is 1.13 bits per heavy atom. The highest BCUT2D eigenvalue weighted by atomic mass is 35.5. The highest BCUT2D eigenvalue weighted by molar-refractivity contribution is 6.31. The molecule has 31 heavy (non-hydrogen) atoms. The second-order valence-corrected chi connectivity index (χ2v) is 8.14. The molecule has 0 aliphatic carbocycles. The third kappa shape index (κ3) is 2.97. The third-order valence-electron chi connectivity index (χ3n) is 5.59. The fraction of sp³-hybridized carbons (Fsp3) is 0.190. The first kappa shape index (κ1) is 21.1. The predicted octanol–water partition coefficient (Wildman–Crippen LogP) is 3.84. The number of aliphatic carboxylic acids is 1. The number of fused-ring (bicyclic) bond motifs is 2. The molecule has 1 unspecified atom stereocenters. The van der Waals surface area contributed by atoms with E-state index < -0.39 is 35.8 Å². The van der Waals surface area contributed by atoms with Crippen LogP contribution in [0.3, 0.4) is 0 Å². The van der Waals surface area contributed by atoms with E-state index in [-0.39, 0.29) is 17.8 Å². The number of anilines is 1. The van der Waals surface area contributed by atoms with Gasteiger partial charge in [0.15, 0.2) is 5.54 Å². The molecule has 4 rings (SSSR count). The van der Waals surface area contributed by atoms with E-state index in [0.717, 1.165) is 4.90 Å². The zero-order chi connectivity index (χ0) is 22.7. The van der Waals surface area contributed by atoms with Gasteiger partial charge in [0.25, 0.3) is 5.91 Å². The van der Waals surface area contributed by atoms with Crippen molar-refractivity contribution in [3.8, 4) is 0 Å². The molecule has 2 aliphatic rings. The maximum absolute atomic E-state index is 14.3. The molecule has 7 nitrogen and oxygen atoms in total. The number of urea groups is 1. The van der Waals surface area contributed by atoms with Gasteiger partial charge in [-0.25, -0.2) is 9.18 Å². The predicted molar refractivity (Wildman–Crippen MR) is 112 cm³/mol. The Labute approximate surface area is 186 Å². The first-order valence-electron chi connectivity index (χ1n) is 9.11. The molecule has 10 heteroatoms. The average molecular weight is 464 g/mol. The summed E-state index contributed by atoms with van der Waals surface area (Å²) >= 11 is 12.1. The molecular formula is C21H16Cl2FN3O4. The number of amides is 3. The SMILES string of the molecule is C=C1N(Cc2cc(Cl)ccc2F)C(=O)N(C)C12C(=O)N(CC(=O)O)c1ccc(Cl)cc12. The zero-order valence-electron chi connectivity index (χ0n) is 16.2. The van der Waals surface area contributed by atoms with Crippen LogP contribution in [0.1, 0.15) is 11.1 Å². The minimum absolute atomic E-state index is 0.0702. The molecule has 2 aromatic carbocycles. The van der Waals surface area contributed by atoms with Crippen LogP contribution in [0.25, 0.3) is 0 Å². The van der Waals surface area contributed by atoms with Crippen LogP contribution in [-0.2, 0) is 21.7 Å². The summed E-state index contributed by atoms with van der Waals surface area (Å²) in [5, 5.41) is 9.89. The first-order chi connectivity index (χ1) is 14.6. The highest BCUT2D eigenvalue weighted by Gasteiger charge is 2.63. The van der Waals surface area contributed by atoms with Crippen molar-refractivity contribution in [2.24, 2.45) is 0 Å². The van der Waals surface area contributed by atoms with Gasteiger partial charge in [0.2, 0.25) is 0 Å². The molecule has 2 aliphatic heterocycles. The molecule has 1 fully saturated rings. The molecule has 0 saturated carbocycles. The molecule has 1 N–H and O–H groups in total. The van der Waals surface area contributed by atoms with Crippen LogP contribution in [0.2, 0.25) is 10.0 Å². The Morgan fingerprint density at radius 2 is 1.77 bits per heavy atom. The molecule has 2 aromatic rings. The molecule has 1 spiro atoms. The smallest absolute Gasteiger partial charge is 0.325 e. The van der Waals surface area contributed by atoms with Crippen molar-refractivity contribution in [1.29, 1.82) is 0 Å². The number of carboxylic acid groups (broad SMARTS) is 1. The lowest BCUT2D eigenvalue weighted by atomic mass is 9.88. The molecule has 0 radical (unpaired) electrons. The largest absolute Gasteiger partial charge is 0.480 e. The summed E-state index contributed by atoms with van der Waals surface area (Å²) in [5.74, 6) is -2.44. The van der Waals surface area contributed by atoms with E-state index >= 15 is 0 Å². The van der Waals surface area contributed by atoms with E-state index in [2.05, 4.69) is 6.58 Å². The molecule has 0 bridgehead atoms. The lowest BCUT2D eigenvalue weighted by Crippen LogP contribution is -2.50. The van der Waals surface area contributed by atoms with E-state index in [1.807, 2.05) is 0 Å². The van der Waals surface area contributed by atoms with E-state index in [0.29, 0.717) is 21.3 Å². The van der Waals surface area contributed by atoms with Gasteiger partial charge in [-0.15, -0.1) is 0 Å². The summed E-state index contributed by atoms with van der Waals surface area (Å²) in [4.78, 5) is 41.6. The van der Waals surface area contributed by atoms with Crippen molar-refractivity contribution in [2.45, 2.75) is 12.1 Å². The van der Waals surface area contributed by atoms with Gasteiger partial charge in [-0.2, -0.15) is 0 Å². The number of rotatable bonds is 4. The van der Waals surface area contributed by atoms with Gasteiger partial charge in [-0.05, 0) is 36.4 Å². The van der Waals surface area contributed by atoms with Crippen molar-refractivity contribution in [3.05, 3.63) is 75.7 Å². The monoisotopic (exact) mass is 463 g/mol. The Morgan fingerprint density at radius 3 is 2.45 bits per heavy atom. The van der Waals surface area contributed by atoms with E-state index in [1.165, 1.54) is 53.2 Å². The standard InChI is InChI=1S/C21H16Cl2FN3O4/c1-11-21(15-8-14(23)4-6-17(15)27(19(21)30)10-18(28)29)25(2)20(31)26(11)9-12-7-13(22)3-5-16(12)24/h3-8H,1,9-10H2,2H3,(H,28,29). The number of likely N-dealkylation sites (N-methyl/N-ethyl adjacent to an activating group) is 1. The van der Waals surface area contributed by atoms with Crippen LogP contribution in [-0.4, -0.2) is 46.4 Å². The van der Waals surface area contributed by atoms with Crippen molar-refractivity contribution in [2.75, 3.05) is 18.5 Å². The van der Waals surface area contributed by atoms with Gasteiger partial charge in [-0.1, -0.05) is 29.8 Å². The Bertz CT molecular complexity index is 1170. The summed E-state index contributed by atoms with van der Waals surface area (Å²) < 4.78 is 14.3. The van der Waals surface area contributed by atoms with Crippen molar-refractivity contribution in [1.82, 2.24) is 9.80 Å². The number of halogens is 3. The third-order valence-corrected chi connectivity index (χ3v) is 6.06. The summed E-state index contributed by atoms with van der Waals surface area (Å²) in [7, 11) is 1.41. The van der Waals surface area contributed by atoms with Crippen LogP contribution in [0.15, 0.2) is 48.7 Å². The van der Waals surface area contributed by atoms with E-state index in [1.54, 1.807) is 0 Å². The quantitative estimate of drug-likeness (QED) is 0.746. The number of carbonyl (C=O) groups excluding carboxylic acids is 2. The van der Waals surface area contributed by atoms with Gasteiger partial charge < -0.3 is 10.0 Å². The van der Waals surface area contributed by atoms with Crippen molar-refractivity contribution in [3.63, 3.8) is 0 Å². The molecule has 160 valence electrons. The van der Waals surface area contributed by atoms with Gasteiger partial charge in [-0.3, -0.25) is 19.4 Å². The average Bonchev–Trinajstić information content (AvgIpc) is 3.05. The summed E-state index contributed by atoms with van der Waals surface area (Å²) in [6.07, 6.45) is 0. The van der Waals surface area contributed by atoms with Gasteiger partial charge in [0, 0.05) is 28.2 Å². The number of hydrogen-bond donors (Lipinski definition) is 1. The van der Waals surface area contributed by atoms with Crippen LogP contribution in [0.4, 0.5) is 14.9 Å². The van der Waals surface area contributed by atoms with Crippen LogP contribution in [0, 0.1) is 5.82 Å². The molecule has 0 aromatic heterocycles. The van der Waals surface area contributed by atoms with Crippen LogP contribution < -0.4 is 4.90 Å². The number of hydrogen-bond acceptors (Lipinski definition) is 3. The van der Waals surface area contributed by atoms with Gasteiger partial charge in [0.1, 0.15) is 12.4 Å². The molecule has 1 saturated heterocycles. The normalized spacial score (nSPS) is 20.3. The topological polar surface area (TPSA) is 81.2 Å². The van der Waals surface area contributed by atoms with Crippen molar-refractivity contribution < 1.29 is 23.9 Å². The van der Waals surface area contributed by atoms with Crippen LogP contribution in [0.5, 0.6) is 0 Å². The van der Waals surface area contributed by atoms with E-state index in [9.17, 15) is 23.9 Å². The maximum atomic E-state index is 14.3. The number of carbonyl (C=O) groups is 3. The number of carboxylic acids is 1. The summed E-state index contributed by atoms with van der Waals surface area (Å²) in [5.41, 5.74) is -0.830. The first-order valence-corrected chi connectivity index (χ1v) is 9.87. The van der Waals surface area contributed by atoms with E-state index in [4.69, 9.17) is 23.2 Å². The lowest BCUT2D eigenvalue weighted by molar-refractivity contribution is -0.137. The summed E-state index contributed by atoms with van der Waals surface area (Å²) in [6.45, 7) is 3.17. The van der Waals surface area contributed by atoms with Crippen molar-refractivity contribution >= 4 is 46.8 Å². The molecule has 1 atom stereocenters. The Kier molecular flexibility index (Phi) is 4.94. The van der Waals surface area contributed by atoms with Gasteiger partial charge in [0.05, 0.1) is 17.9 Å². The minimum atomic E-state index is -1.69. The zero-order valence-corrected chi connectivity index (χ0v) is 17.7. The second-order valence-electron chi connectivity index (χ2n) is 7.27. The Balaban J connectivity index is 1.85. The molecular weight excluding hydrogens is 448 g/mol. The highest BCUT2D eigenvalue weighted by Crippen LogP contribution is 2.53. The fourth-order valence-electron chi connectivity index (χ4n) is 4.18. The maximum Gasteiger partial charge on any atom is 0.325 e. The number of benzene rings is 2. The Hall–Kier alpha value is -3.10.